The highest BCUT2D eigenvalue weighted by molar-refractivity contribution is 7.99. The van der Waals surface area contributed by atoms with Crippen molar-refractivity contribution in [3.8, 4) is 11.1 Å². The average molecular weight is 306 g/mol. The normalized spacial score (nSPS) is 12.5. The smallest absolute Gasteiger partial charge is 0.0302 e. The van der Waals surface area contributed by atoms with Gasteiger partial charge in [0.15, 0.2) is 0 Å². The third-order valence-electron chi connectivity index (χ3n) is 3.28. The SMILES string of the molecule is CCSCCC(C)NCc1cc(-c2ccccc2)cs1. The molecule has 1 N–H and O–H groups in total. The van der Waals surface area contributed by atoms with Crippen molar-refractivity contribution in [3.63, 3.8) is 0 Å². The summed E-state index contributed by atoms with van der Waals surface area (Å²) < 4.78 is 0. The van der Waals surface area contributed by atoms with Crippen molar-refractivity contribution in [1.29, 1.82) is 0 Å². The number of hydrogen-bond acceptors (Lipinski definition) is 3. The molecule has 1 atom stereocenters. The summed E-state index contributed by atoms with van der Waals surface area (Å²) in [4.78, 5) is 1.42. The molecule has 1 aromatic carbocycles. The van der Waals surface area contributed by atoms with Crippen molar-refractivity contribution in [2.45, 2.75) is 32.9 Å². The summed E-state index contributed by atoms with van der Waals surface area (Å²) in [5.74, 6) is 2.47. The molecule has 0 saturated carbocycles. The second kappa shape index (κ2) is 8.50. The van der Waals surface area contributed by atoms with Gasteiger partial charge >= 0.3 is 0 Å². The summed E-state index contributed by atoms with van der Waals surface area (Å²) in [6.45, 7) is 5.48. The molecule has 0 bridgehead atoms. The zero-order valence-corrected chi connectivity index (χ0v) is 13.9. The fourth-order valence-corrected chi connectivity index (χ4v) is 3.69. The Morgan fingerprint density at radius 2 is 2.00 bits per heavy atom. The van der Waals surface area contributed by atoms with Crippen molar-refractivity contribution in [3.05, 3.63) is 46.7 Å². The first-order valence-corrected chi connectivity index (χ1v) is 9.27. The zero-order chi connectivity index (χ0) is 14.2. The maximum absolute atomic E-state index is 3.62. The summed E-state index contributed by atoms with van der Waals surface area (Å²) >= 11 is 3.87. The lowest BCUT2D eigenvalue weighted by Crippen LogP contribution is -2.25. The molecule has 1 nitrogen and oxygen atoms in total. The van der Waals surface area contributed by atoms with Crippen molar-refractivity contribution >= 4 is 23.1 Å². The van der Waals surface area contributed by atoms with Crippen LogP contribution in [0.25, 0.3) is 11.1 Å². The van der Waals surface area contributed by atoms with E-state index in [1.807, 2.05) is 23.1 Å². The van der Waals surface area contributed by atoms with Crippen LogP contribution in [0, 0.1) is 0 Å². The van der Waals surface area contributed by atoms with Crippen molar-refractivity contribution in [2.75, 3.05) is 11.5 Å². The molecule has 1 heterocycles. The minimum absolute atomic E-state index is 0.594. The summed E-state index contributed by atoms with van der Waals surface area (Å²) in [6, 6.07) is 13.5. The van der Waals surface area contributed by atoms with Crippen LogP contribution in [0.2, 0.25) is 0 Å². The molecule has 3 heteroatoms. The van der Waals surface area contributed by atoms with E-state index in [2.05, 4.69) is 60.9 Å². The van der Waals surface area contributed by atoms with Gasteiger partial charge in [-0.15, -0.1) is 11.3 Å². The largest absolute Gasteiger partial charge is 0.309 e. The highest BCUT2D eigenvalue weighted by Crippen LogP contribution is 2.25. The Hall–Kier alpha value is -0.770. The second-order valence-corrected chi connectivity index (χ2v) is 7.32. The van der Waals surface area contributed by atoms with E-state index in [0.717, 1.165) is 6.54 Å². The molecule has 20 heavy (non-hydrogen) atoms. The van der Waals surface area contributed by atoms with Gasteiger partial charge in [0.05, 0.1) is 0 Å². The molecule has 2 aromatic rings. The summed E-state index contributed by atoms with van der Waals surface area (Å²) in [7, 11) is 0. The number of nitrogens with one attached hydrogen (secondary N) is 1. The van der Waals surface area contributed by atoms with Crippen LogP contribution in [0.4, 0.5) is 0 Å². The van der Waals surface area contributed by atoms with E-state index in [1.165, 1.54) is 33.9 Å². The van der Waals surface area contributed by atoms with Crippen molar-refractivity contribution < 1.29 is 0 Å². The Morgan fingerprint density at radius 3 is 2.75 bits per heavy atom. The second-order valence-electron chi connectivity index (χ2n) is 4.94. The highest BCUT2D eigenvalue weighted by Gasteiger charge is 2.05. The van der Waals surface area contributed by atoms with Gasteiger partial charge < -0.3 is 5.32 Å². The molecular weight excluding hydrogens is 282 g/mol. The maximum atomic E-state index is 3.62. The lowest BCUT2D eigenvalue weighted by Gasteiger charge is -2.12. The van der Waals surface area contributed by atoms with Crippen LogP contribution in [-0.2, 0) is 6.54 Å². The number of thiophene rings is 1. The van der Waals surface area contributed by atoms with Gasteiger partial charge in [0.1, 0.15) is 0 Å². The van der Waals surface area contributed by atoms with Gasteiger partial charge in [-0.1, -0.05) is 37.3 Å². The van der Waals surface area contributed by atoms with Crippen molar-refractivity contribution in [1.82, 2.24) is 5.32 Å². The monoisotopic (exact) mass is 305 g/mol. The molecular formula is C17H23NS2. The molecule has 0 fully saturated rings. The van der Waals surface area contributed by atoms with Crippen LogP contribution < -0.4 is 5.32 Å². The molecule has 0 aliphatic rings. The first-order chi connectivity index (χ1) is 9.79. The van der Waals surface area contributed by atoms with Crippen LogP contribution in [-0.4, -0.2) is 17.5 Å². The van der Waals surface area contributed by atoms with E-state index < -0.39 is 0 Å². The van der Waals surface area contributed by atoms with E-state index >= 15 is 0 Å². The summed E-state index contributed by atoms with van der Waals surface area (Å²) in [5, 5.41) is 5.87. The number of thioether (sulfide) groups is 1. The first-order valence-electron chi connectivity index (χ1n) is 7.23. The Bertz CT molecular complexity index is 493. The third kappa shape index (κ3) is 4.97. The average Bonchev–Trinajstić information content (AvgIpc) is 2.95. The van der Waals surface area contributed by atoms with E-state index in [4.69, 9.17) is 0 Å². The topological polar surface area (TPSA) is 12.0 Å². The maximum Gasteiger partial charge on any atom is 0.0302 e. The molecule has 0 amide bonds. The predicted molar refractivity (Wildman–Crippen MR) is 93.7 cm³/mol. The molecule has 0 aliphatic carbocycles. The Balaban J connectivity index is 1.81. The van der Waals surface area contributed by atoms with Crippen LogP contribution in [0.3, 0.4) is 0 Å². The highest BCUT2D eigenvalue weighted by atomic mass is 32.2. The number of benzene rings is 1. The standard InChI is InChI=1S/C17H23NS2/c1-3-19-10-9-14(2)18-12-17-11-16(13-20-17)15-7-5-4-6-8-15/h4-8,11,13-14,18H,3,9-10,12H2,1-2H3. The molecule has 0 spiro atoms. The molecule has 0 aliphatic heterocycles. The third-order valence-corrected chi connectivity index (χ3v) is 5.15. The molecule has 1 unspecified atom stereocenters. The van der Waals surface area contributed by atoms with Crippen LogP contribution in [0.1, 0.15) is 25.1 Å². The van der Waals surface area contributed by atoms with Crippen molar-refractivity contribution in [2.24, 2.45) is 0 Å². The quantitative estimate of drug-likeness (QED) is 0.686. The molecule has 2 rings (SSSR count). The number of hydrogen-bond donors (Lipinski definition) is 1. The van der Waals surface area contributed by atoms with E-state index in [-0.39, 0.29) is 0 Å². The van der Waals surface area contributed by atoms with Crippen LogP contribution in [0.15, 0.2) is 41.8 Å². The molecule has 1 aromatic heterocycles. The summed E-state index contributed by atoms with van der Waals surface area (Å²) in [6.07, 6.45) is 1.25. The Morgan fingerprint density at radius 1 is 1.20 bits per heavy atom. The first kappa shape index (κ1) is 15.6. The minimum Gasteiger partial charge on any atom is -0.309 e. The lowest BCUT2D eigenvalue weighted by atomic mass is 10.1. The Labute approximate surface area is 130 Å². The Kier molecular flexibility index (Phi) is 6.64. The lowest BCUT2D eigenvalue weighted by molar-refractivity contribution is 0.540. The molecule has 108 valence electrons. The zero-order valence-electron chi connectivity index (χ0n) is 12.3. The van der Waals surface area contributed by atoms with E-state index in [9.17, 15) is 0 Å². The van der Waals surface area contributed by atoms with Gasteiger partial charge in [-0.05, 0) is 47.4 Å². The van der Waals surface area contributed by atoms with Gasteiger partial charge in [0.25, 0.3) is 0 Å². The van der Waals surface area contributed by atoms with Gasteiger partial charge in [-0.3, -0.25) is 0 Å². The van der Waals surface area contributed by atoms with E-state index in [0.29, 0.717) is 6.04 Å². The summed E-state index contributed by atoms with van der Waals surface area (Å²) in [5.41, 5.74) is 2.64. The minimum atomic E-state index is 0.594. The van der Waals surface area contributed by atoms with Crippen LogP contribution in [0.5, 0.6) is 0 Å². The van der Waals surface area contributed by atoms with Gasteiger partial charge in [0.2, 0.25) is 0 Å². The fourth-order valence-electron chi connectivity index (χ4n) is 2.04. The van der Waals surface area contributed by atoms with Gasteiger partial charge in [-0.25, -0.2) is 0 Å². The van der Waals surface area contributed by atoms with E-state index in [1.54, 1.807) is 0 Å². The van der Waals surface area contributed by atoms with Crippen LogP contribution >= 0.6 is 23.1 Å². The van der Waals surface area contributed by atoms with Gasteiger partial charge in [-0.2, -0.15) is 11.8 Å². The number of rotatable bonds is 8. The fraction of sp³-hybridized carbons (Fsp3) is 0.412. The predicted octanol–water partition coefficient (Wildman–Crippen LogP) is 5.04. The van der Waals surface area contributed by atoms with Gasteiger partial charge in [0, 0.05) is 17.5 Å². The molecule has 0 saturated heterocycles. The molecule has 0 radical (unpaired) electrons.